The summed E-state index contributed by atoms with van der Waals surface area (Å²) in [5, 5.41) is 23.2. The predicted octanol–water partition coefficient (Wildman–Crippen LogP) is 0.912. The molecule has 106 valence electrons. The number of hydrogen-bond acceptors (Lipinski definition) is 4. The van der Waals surface area contributed by atoms with Gasteiger partial charge in [0, 0.05) is 0 Å². The Morgan fingerprint density at radius 1 is 1.35 bits per heavy atom. The lowest BCUT2D eigenvalue weighted by atomic mass is 9.80. The van der Waals surface area contributed by atoms with Crippen LogP contribution in [-0.2, 0) is 6.54 Å². The zero-order chi connectivity index (χ0) is 14.7. The molecule has 0 aliphatic carbocycles. The van der Waals surface area contributed by atoms with Crippen LogP contribution in [0.1, 0.15) is 11.4 Å². The van der Waals surface area contributed by atoms with E-state index in [1.54, 1.807) is 28.9 Å². The van der Waals surface area contributed by atoms with Crippen molar-refractivity contribution in [2.45, 2.75) is 20.4 Å². The molecular weight excluding hydrogens is 278 g/mol. The van der Waals surface area contributed by atoms with E-state index in [0.717, 1.165) is 11.4 Å². The number of benzene rings is 1. The van der Waals surface area contributed by atoms with Crippen molar-refractivity contribution in [3.8, 4) is 5.75 Å². The molecule has 0 radical (unpaired) electrons. The van der Waals surface area contributed by atoms with Crippen LogP contribution in [0, 0.1) is 13.8 Å². The number of halogens is 1. The Balaban J connectivity index is 1.96. The lowest BCUT2D eigenvalue weighted by molar-refractivity contribution is 0.289. The number of hydrogen-bond donors (Lipinski definition) is 2. The third-order valence-corrected chi connectivity index (χ3v) is 3.57. The Kier molecular flexibility index (Phi) is 4.70. The highest BCUT2D eigenvalue weighted by Crippen LogP contribution is 2.18. The molecule has 7 heteroatoms. The van der Waals surface area contributed by atoms with Gasteiger partial charge in [-0.3, -0.25) is 4.68 Å². The zero-order valence-corrected chi connectivity index (χ0v) is 12.1. The summed E-state index contributed by atoms with van der Waals surface area (Å²) in [5.74, 6) is 0.586. The first-order valence-corrected chi connectivity index (χ1v) is 6.65. The maximum Gasteiger partial charge on any atom is 0.488 e. The van der Waals surface area contributed by atoms with Crippen molar-refractivity contribution in [2.75, 3.05) is 6.61 Å². The van der Waals surface area contributed by atoms with Gasteiger partial charge in [0.25, 0.3) is 0 Å². The third-order valence-electron chi connectivity index (χ3n) is 3.02. The summed E-state index contributed by atoms with van der Waals surface area (Å²) in [6.45, 7) is 4.76. The first kappa shape index (κ1) is 14.9. The molecule has 0 saturated heterocycles. The maximum absolute atomic E-state index is 9.09. The van der Waals surface area contributed by atoms with Crippen LogP contribution in [-0.4, -0.2) is 33.6 Å². The first-order chi connectivity index (χ1) is 9.49. The standard InChI is InChI=1S/C13H16BClN2O3/c1-9-13(15)10(2)17(16-9)6-7-20-12-5-3-4-11(8-12)14(18)19/h3-5,8,18-19H,6-7H2,1-2H3. The molecular formula is C13H16BClN2O3. The van der Waals surface area contributed by atoms with Gasteiger partial charge in [0.2, 0.25) is 0 Å². The van der Waals surface area contributed by atoms with E-state index in [0.29, 0.717) is 29.4 Å². The molecule has 0 fully saturated rings. The lowest BCUT2D eigenvalue weighted by Gasteiger charge is -2.09. The van der Waals surface area contributed by atoms with Crippen LogP contribution in [0.5, 0.6) is 5.75 Å². The van der Waals surface area contributed by atoms with E-state index in [-0.39, 0.29) is 0 Å². The van der Waals surface area contributed by atoms with Crippen LogP contribution >= 0.6 is 11.6 Å². The Morgan fingerprint density at radius 3 is 2.70 bits per heavy atom. The van der Waals surface area contributed by atoms with Gasteiger partial charge in [0.05, 0.1) is 23.0 Å². The molecule has 0 spiro atoms. The normalized spacial score (nSPS) is 10.7. The van der Waals surface area contributed by atoms with Crippen molar-refractivity contribution in [3.05, 3.63) is 40.7 Å². The van der Waals surface area contributed by atoms with Crippen LogP contribution in [0.4, 0.5) is 0 Å². The Hall–Kier alpha value is -1.50. The van der Waals surface area contributed by atoms with Crippen molar-refractivity contribution >= 4 is 24.2 Å². The van der Waals surface area contributed by atoms with Crippen LogP contribution in [0.25, 0.3) is 0 Å². The van der Waals surface area contributed by atoms with Gasteiger partial charge in [-0.1, -0.05) is 23.7 Å². The van der Waals surface area contributed by atoms with E-state index >= 15 is 0 Å². The van der Waals surface area contributed by atoms with Crippen LogP contribution in [0.15, 0.2) is 24.3 Å². The van der Waals surface area contributed by atoms with Gasteiger partial charge in [-0.2, -0.15) is 5.10 Å². The van der Waals surface area contributed by atoms with Crippen molar-refractivity contribution in [2.24, 2.45) is 0 Å². The van der Waals surface area contributed by atoms with Gasteiger partial charge in [0.15, 0.2) is 0 Å². The summed E-state index contributed by atoms with van der Waals surface area (Å²) in [6, 6.07) is 6.70. The molecule has 0 bridgehead atoms. The summed E-state index contributed by atoms with van der Waals surface area (Å²) >= 11 is 6.07. The number of ether oxygens (including phenoxy) is 1. The smallest absolute Gasteiger partial charge is 0.488 e. The summed E-state index contributed by atoms with van der Waals surface area (Å²) in [5.41, 5.74) is 2.11. The summed E-state index contributed by atoms with van der Waals surface area (Å²) in [7, 11) is -1.49. The molecule has 2 N–H and O–H groups in total. The maximum atomic E-state index is 9.09. The largest absolute Gasteiger partial charge is 0.492 e. The molecule has 5 nitrogen and oxygen atoms in total. The number of aromatic nitrogens is 2. The monoisotopic (exact) mass is 294 g/mol. The Morgan fingerprint density at radius 2 is 2.10 bits per heavy atom. The molecule has 1 aromatic heterocycles. The van der Waals surface area contributed by atoms with E-state index in [9.17, 15) is 0 Å². The van der Waals surface area contributed by atoms with E-state index in [1.807, 2.05) is 13.8 Å². The molecule has 1 heterocycles. The molecule has 1 aromatic carbocycles. The average molecular weight is 295 g/mol. The fraction of sp³-hybridized carbons (Fsp3) is 0.308. The number of rotatable bonds is 5. The molecule has 0 atom stereocenters. The second kappa shape index (κ2) is 6.30. The highest BCUT2D eigenvalue weighted by Gasteiger charge is 2.11. The number of nitrogens with zero attached hydrogens (tertiary/aromatic N) is 2. The second-order valence-electron chi connectivity index (χ2n) is 4.50. The average Bonchev–Trinajstić information content (AvgIpc) is 2.67. The molecule has 0 amide bonds. The second-order valence-corrected chi connectivity index (χ2v) is 4.88. The quantitative estimate of drug-likeness (QED) is 0.805. The minimum absolute atomic E-state index is 0.400. The van der Waals surface area contributed by atoms with Crippen molar-refractivity contribution in [1.29, 1.82) is 0 Å². The molecule has 2 rings (SSSR count). The van der Waals surface area contributed by atoms with Gasteiger partial charge in [-0.15, -0.1) is 0 Å². The molecule has 0 unspecified atom stereocenters. The predicted molar refractivity (Wildman–Crippen MR) is 78.5 cm³/mol. The van der Waals surface area contributed by atoms with Crippen LogP contribution in [0.2, 0.25) is 5.02 Å². The van der Waals surface area contributed by atoms with Crippen molar-refractivity contribution < 1.29 is 14.8 Å². The minimum Gasteiger partial charge on any atom is -0.492 e. The van der Waals surface area contributed by atoms with Gasteiger partial charge >= 0.3 is 7.12 Å². The van der Waals surface area contributed by atoms with Crippen molar-refractivity contribution in [3.63, 3.8) is 0 Å². The van der Waals surface area contributed by atoms with Gasteiger partial charge in [0.1, 0.15) is 12.4 Å². The van der Waals surface area contributed by atoms with Crippen molar-refractivity contribution in [1.82, 2.24) is 9.78 Å². The summed E-state index contributed by atoms with van der Waals surface area (Å²) in [6.07, 6.45) is 0. The molecule has 2 aromatic rings. The molecule has 0 aliphatic rings. The highest BCUT2D eigenvalue weighted by molar-refractivity contribution is 6.58. The first-order valence-electron chi connectivity index (χ1n) is 6.27. The SMILES string of the molecule is Cc1nn(CCOc2cccc(B(O)O)c2)c(C)c1Cl. The van der Waals surface area contributed by atoms with Crippen LogP contribution in [0.3, 0.4) is 0 Å². The van der Waals surface area contributed by atoms with E-state index in [2.05, 4.69) is 5.10 Å². The van der Waals surface area contributed by atoms with E-state index in [4.69, 9.17) is 26.4 Å². The van der Waals surface area contributed by atoms with Gasteiger partial charge in [-0.25, -0.2) is 0 Å². The fourth-order valence-electron chi connectivity index (χ4n) is 1.91. The van der Waals surface area contributed by atoms with Gasteiger partial charge < -0.3 is 14.8 Å². The Labute approximate surface area is 122 Å². The van der Waals surface area contributed by atoms with Crippen LogP contribution < -0.4 is 10.2 Å². The minimum atomic E-state index is -1.49. The summed E-state index contributed by atoms with van der Waals surface area (Å²) in [4.78, 5) is 0. The fourth-order valence-corrected chi connectivity index (χ4v) is 2.04. The van der Waals surface area contributed by atoms with E-state index in [1.165, 1.54) is 0 Å². The Bertz CT molecular complexity index is 601. The summed E-state index contributed by atoms with van der Waals surface area (Å²) < 4.78 is 7.37. The van der Waals surface area contributed by atoms with Gasteiger partial charge in [-0.05, 0) is 31.4 Å². The molecule has 20 heavy (non-hydrogen) atoms. The third kappa shape index (κ3) is 3.33. The topological polar surface area (TPSA) is 67.5 Å². The molecule has 0 saturated carbocycles. The highest BCUT2D eigenvalue weighted by atomic mass is 35.5. The number of aryl methyl sites for hydroxylation is 1. The zero-order valence-electron chi connectivity index (χ0n) is 11.4. The van der Waals surface area contributed by atoms with E-state index < -0.39 is 7.12 Å². The molecule has 0 aliphatic heterocycles. The lowest BCUT2D eigenvalue weighted by Crippen LogP contribution is -2.29.